The van der Waals surface area contributed by atoms with Gasteiger partial charge in [0.05, 0.1) is 12.1 Å². The van der Waals surface area contributed by atoms with Crippen molar-refractivity contribution in [1.29, 1.82) is 0 Å². The van der Waals surface area contributed by atoms with Crippen LogP contribution in [0.5, 0.6) is 0 Å². The SMILES string of the molecule is O=C(N[C@H](c1ccc(F)cc1)[C@@H]1CCCO1)c1cn2cccnc2n1. The van der Waals surface area contributed by atoms with E-state index in [0.29, 0.717) is 12.4 Å². The van der Waals surface area contributed by atoms with E-state index < -0.39 is 0 Å². The van der Waals surface area contributed by atoms with Crippen molar-refractivity contribution in [2.45, 2.75) is 25.0 Å². The number of hydrogen-bond donors (Lipinski definition) is 1. The molecule has 0 spiro atoms. The fourth-order valence-corrected chi connectivity index (χ4v) is 3.08. The number of rotatable bonds is 4. The summed E-state index contributed by atoms with van der Waals surface area (Å²) in [5.41, 5.74) is 1.09. The first kappa shape index (κ1) is 15.7. The van der Waals surface area contributed by atoms with Gasteiger partial charge in [0.25, 0.3) is 5.91 Å². The van der Waals surface area contributed by atoms with Crippen LogP contribution in [0.2, 0.25) is 0 Å². The van der Waals surface area contributed by atoms with Crippen molar-refractivity contribution in [3.8, 4) is 0 Å². The first-order chi connectivity index (χ1) is 12.2. The molecule has 1 aliphatic heterocycles. The molecule has 1 aromatic carbocycles. The molecule has 6 nitrogen and oxygen atoms in total. The Morgan fingerprint density at radius 2 is 2.20 bits per heavy atom. The summed E-state index contributed by atoms with van der Waals surface area (Å²) in [7, 11) is 0. The Kier molecular flexibility index (Phi) is 4.15. The summed E-state index contributed by atoms with van der Waals surface area (Å²) >= 11 is 0. The van der Waals surface area contributed by atoms with E-state index in [-0.39, 0.29) is 29.6 Å². The predicted octanol–water partition coefficient (Wildman–Crippen LogP) is 2.52. The highest BCUT2D eigenvalue weighted by molar-refractivity contribution is 5.93. The number of carbonyl (C=O) groups excluding carboxylic acids is 1. The Labute approximate surface area is 143 Å². The van der Waals surface area contributed by atoms with Crippen LogP contribution in [0.4, 0.5) is 4.39 Å². The number of nitrogens with one attached hydrogen (secondary N) is 1. The number of carbonyl (C=O) groups is 1. The van der Waals surface area contributed by atoms with Crippen LogP contribution >= 0.6 is 0 Å². The highest BCUT2D eigenvalue weighted by Crippen LogP contribution is 2.27. The lowest BCUT2D eigenvalue weighted by Crippen LogP contribution is -2.36. The Morgan fingerprint density at radius 3 is 2.92 bits per heavy atom. The minimum absolute atomic E-state index is 0.135. The van der Waals surface area contributed by atoms with E-state index in [9.17, 15) is 9.18 Å². The van der Waals surface area contributed by atoms with Gasteiger partial charge in [-0.15, -0.1) is 0 Å². The van der Waals surface area contributed by atoms with Gasteiger partial charge in [-0.2, -0.15) is 0 Å². The number of halogens is 1. The monoisotopic (exact) mass is 340 g/mol. The molecule has 2 atom stereocenters. The number of benzene rings is 1. The Morgan fingerprint density at radius 1 is 1.36 bits per heavy atom. The molecule has 25 heavy (non-hydrogen) atoms. The summed E-state index contributed by atoms with van der Waals surface area (Å²) in [6.07, 6.45) is 6.69. The quantitative estimate of drug-likeness (QED) is 0.792. The molecule has 7 heteroatoms. The van der Waals surface area contributed by atoms with Crippen molar-refractivity contribution in [3.63, 3.8) is 0 Å². The van der Waals surface area contributed by atoms with Crippen LogP contribution in [-0.2, 0) is 4.74 Å². The summed E-state index contributed by atoms with van der Waals surface area (Å²) in [5.74, 6) is -0.161. The van der Waals surface area contributed by atoms with Crippen LogP contribution in [0.25, 0.3) is 5.78 Å². The van der Waals surface area contributed by atoms with Gasteiger partial charge in [-0.05, 0) is 36.6 Å². The topological polar surface area (TPSA) is 68.5 Å². The van der Waals surface area contributed by atoms with Crippen LogP contribution < -0.4 is 5.32 Å². The molecule has 128 valence electrons. The van der Waals surface area contributed by atoms with Gasteiger partial charge in [0, 0.05) is 25.2 Å². The molecule has 0 saturated carbocycles. The van der Waals surface area contributed by atoms with Crippen LogP contribution in [0.15, 0.2) is 48.9 Å². The van der Waals surface area contributed by atoms with Gasteiger partial charge in [0.2, 0.25) is 5.78 Å². The van der Waals surface area contributed by atoms with E-state index in [0.717, 1.165) is 18.4 Å². The average Bonchev–Trinajstić information content (AvgIpc) is 3.30. The zero-order valence-electron chi connectivity index (χ0n) is 13.4. The van der Waals surface area contributed by atoms with E-state index >= 15 is 0 Å². The number of fused-ring (bicyclic) bond motifs is 1. The third-order valence-corrected chi connectivity index (χ3v) is 4.32. The largest absolute Gasteiger partial charge is 0.376 e. The number of hydrogen-bond acceptors (Lipinski definition) is 4. The molecule has 4 rings (SSSR count). The first-order valence-electron chi connectivity index (χ1n) is 8.18. The Bertz CT molecular complexity index is 854. The summed E-state index contributed by atoms with van der Waals surface area (Å²) < 4.78 is 20.7. The number of amides is 1. The lowest BCUT2D eigenvalue weighted by Gasteiger charge is -2.24. The van der Waals surface area contributed by atoms with Crippen LogP contribution in [0.1, 0.15) is 34.9 Å². The van der Waals surface area contributed by atoms with Crippen molar-refractivity contribution >= 4 is 11.7 Å². The minimum Gasteiger partial charge on any atom is -0.376 e. The lowest BCUT2D eigenvalue weighted by molar-refractivity contribution is 0.0670. The standard InChI is InChI=1S/C18H17FN4O2/c19-13-6-4-12(5-7-13)16(15-3-1-10-25-15)22-17(24)14-11-23-9-2-8-20-18(23)21-14/h2,4-9,11,15-16H,1,3,10H2,(H,22,24)/t15-,16+/m0/s1. The molecule has 1 fully saturated rings. The van der Waals surface area contributed by atoms with Crippen molar-refractivity contribution in [2.75, 3.05) is 6.61 Å². The number of aromatic nitrogens is 3. The van der Waals surface area contributed by atoms with Crippen molar-refractivity contribution in [1.82, 2.24) is 19.7 Å². The van der Waals surface area contributed by atoms with Crippen molar-refractivity contribution < 1.29 is 13.9 Å². The van der Waals surface area contributed by atoms with Crippen molar-refractivity contribution in [2.24, 2.45) is 0 Å². The van der Waals surface area contributed by atoms with Crippen molar-refractivity contribution in [3.05, 3.63) is 66.0 Å². The molecular formula is C18H17FN4O2. The van der Waals surface area contributed by atoms with Gasteiger partial charge in [0.15, 0.2) is 0 Å². The van der Waals surface area contributed by atoms with Gasteiger partial charge in [-0.25, -0.2) is 14.4 Å². The Hall–Kier alpha value is -2.80. The van der Waals surface area contributed by atoms with Gasteiger partial charge in [-0.1, -0.05) is 12.1 Å². The zero-order chi connectivity index (χ0) is 17.2. The second-order valence-electron chi connectivity index (χ2n) is 6.01. The predicted molar refractivity (Wildman–Crippen MR) is 88.6 cm³/mol. The number of imidazole rings is 1. The summed E-state index contributed by atoms with van der Waals surface area (Å²) in [6, 6.07) is 7.54. The molecule has 0 unspecified atom stereocenters. The summed E-state index contributed by atoms with van der Waals surface area (Å²) in [4.78, 5) is 21.0. The molecule has 1 amide bonds. The highest BCUT2D eigenvalue weighted by Gasteiger charge is 2.29. The van der Waals surface area contributed by atoms with E-state index in [2.05, 4.69) is 15.3 Å². The summed E-state index contributed by atoms with van der Waals surface area (Å²) in [5, 5.41) is 2.98. The first-order valence-corrected chi connectivity index (χ1v) is 8.18. The molecule has 1 saturated heterocycles. The molecule has 0 radical (unpaired) electrons. The van der Waals surface area contributed by atoms with Crippen LogP contribution in [0, 0.1) is 5.82 Å². The molecule has 3 heterocycles. The molecule has 1 N–H and O–H groups in total. The fourth-order valence-electron chi connectivity index (χ4n) is 3.08. The third kappa shape index (κ3) is 3.23. The normalized spacial score (nSPS) is 18.4. The second kappa shape index (κ2) is 6.60. The molecule has 2 aromatic heterocycles. The number of nitrogens with zero attached hydrogens (tertiary/aromatic N) is 3. The minimum atomic E-state index is -0.353. The maximum atomic E-state index is 13.2. The molecular weight excluding hydrogens is 323 g/mol. The summed E-state index contributed by atoms with van der Waals surface area (Å²) in [6.45, 7) is 0.663. The zero-order valence-corrected chi connectivity index (χ0v) is 13.4. The van der Waals surface area contributed by atoms with Gasteiger partial charge in [0.1, 0.15) is 11.5 Å². The van der Waals surface area contributed by atoms with E-state index in [1.165, 1.54) is 12.1 Å². The van der Waals surface area contributed by atoms with E-state index in [4.69, 9.17) is 4.74 Å². The molecule has 3 aromatic rings. The number of ether oxygens (including phenoxy) is 1. The fraction of sp³-hybridized carbons (Fsp3) is 0.278. The molecule has 0 bridgehead atoms. The molecule has 0 aliphatic carbocycles. The second-order valence-corrected chi connectivity index (χ2v) is 6.01. The van der Waals surface area contributed by atoms with Crippen LogP contribution in [0.3, 0.4) is 0 Å². The van der Waals surface area contributed by atoms with E-state index in [1.807, 2.05) is 0 Å². The van der Waals surface area contributed by atoms with Gasteiger partial charge in [-0.3, -0.25) is 9.20 Å². The van der Waals surface area contributed by atoms with Gasteiger partial charge < -0.3 is 10.1 Å². The average molecular weight is 340 g/mol. The molecule has 1 aliphatic rings. The maximum absolute atomic E-state index is 13.2. The maximum Gasteiger partial charge on any atom is 0.272 e. The van der Waals surface area contributed by atoms with Crippen LogP contribution in [-0.4, -0.2) is 33.0 Å². The van der Waals surface area contributed by atoms with E-state index in [1.54, 1.807) is 41.2 Å². The third-order valence-electron chi connectivity index (χ3n) is 4.32. The lowest BCUT2D eigenvalue weighted by atomic mass is 9.99. The van der Waals surface area contributed by atoms with Gasteiger partial charge >= 0.3 is 0 Å². The highest BCUT2D eigenvalue weighted by atomic mass is 19.1. The Balaban J connectivity index is 1.60. The smallest absolute Gasteiger partial charge is 0.272 e.